The molecular formula is C34H33FN5O7P. The summed E-state index contributed by atoms with van der Waals surface area (Å²) < 4.78 is 54.9. The average molecular weight is 674 g/mol. The fourth-order valence-electron chi connectivity index (χ4n) is 5.52. The van der Waals surface area contributed by atoms with Crippen LogP contribution in [0.3, 0.4) is 0 Å². The first-order chi connectivity index (χ1) is 23.0. The molecule has 3 heterocycles. The maximum atomic E-state index is 16.2. The van der Waals surface area contributed by atoms with E-state index in [9.17, 15) is 14.5 Å². The highest BCUT2D eigenvalue weighted by molar-refractivity contribution is 7.52. The maximum Gasteiger partial charge on any atom is 0.459 e. The van der Waals surface area contributed by atoms with Gasteiger partial charge in [0.15, 0.2) is 11.9 Å². The Balaban J connectivity index is 1.23. The Hall–Kier alpha value is -4.83. The molecule has 6 rings (SSSR count). The van der Waals surface area contributed by atoms with Crippen LogP contribution in [0.25, 0.3) is 21.8 Å². The molecule has 48 heavy (non-hydrogen) atoms. The third-order valence-electron chi connectivity index (χ3n) is 8.05. The van der Waals surface area contributed by atoms with Crippen molar-refractivity contribution in [3.8, 4) is 18.1 Å². The highest BCUT2D eigenvalue weighted by Gasteiger charge is 2.56. The number of ether oxygens (including phenoxy) is 2. The van der Waals surface area contributed by atoms with Crippen molar-refractivity contribution in [1.82, 2.24) is 19.6 Å². The van der Waals surface area contributed by atoms with E-state index in [1.54, 1.807) is 30.3 Å². The molecule has 1 aliphatic heterocycles. The average Bonchev–Trinajstić information content (AvgIpc) is 3.56. The first-order valence-electron chi connectivity index (χ1n) is 15.0. The summed E-state index contributed by atoms with van der Waals surface area (Å²) in [5.74, 6) is 2.04. The van der Waals surface area contributed by atoms with Crippen LogP contribution in [-0.2, 0) is 30.0 Å². The highest BCUT2D eigenvalue weighted by Crippen LogP contribution is 2.48. The maximum absolute atomic E-state index is 16.2. The van der Waals surface area contributed by atoms with Crippen LogP contribution < -0.4 is 15.3 Å². The van der Waals surface area contributed by atoms with Gasteiger partial charge in [-0.15, -0.1) is 6.42 Å². The summed E-state index contributed by atoms with van der Waals surface area (Å²) in [4.78, 5) is 21.1. The number of nitrogens with two attached hydrogens (primary N) is 1. The van der Waals surface area contributed by atoms with Gasteiger partial charge in [-0.2, -0.15) is 5.09 Å². The number of terminal acetylenes is 1. The molecule has 3 aromatic carbocycles. The fourth-order valence-corrected chi connectivity index (χ4v) is 7.01. The molecule has 0 radical (unpaired) electrons. The SMILES string of the molecule is C#Cc1cn([C@@H]2O[C@H](COP(=O)(NC(C)C(=O)OCc3ccccc3)Oc3ccc4ccccc4c3)[C@@H](O)[C@@]2(C)F)c2ncnc(N)c12. The second-order valence-corrected chi connectivity index (χ2v) is 13.2. The Bertz CT molecular complexity index is 2050. The molecule has 5 aromatic rings. The van der Waals surface area contributed by atoms with E-state index in [2.05, 4.69) is 21.0 Å². The molecular weight excluding hydrogens is 640 g/mol. The summed E-state index contributed by atoms with van der Waals surface area (Å²) in [5, 5.41) is 15.7. The number of carbonyl (C=O) groups is 1. The number of hydrogen-bond donors (Lipinski definition) is 3. The number of hydrogen-bond acceptors (Lipinski definition) is 10. The Morgan fingerprint density at radius 2 is 1.92 bits per heavy atom. The smallest absolute Gasteiger partial charge is 0.459 e. The number of anilines is 1. The van der Waals surface area contributed by atoms with Crippen LogP contribution in [0.15, 0.2) is 85.3 Å². The Kier molecular flexibility index (Phi) is 9.20. The van der Waals surface area contributed by atoms with Crippen LogP contribution in [0.2, 0.25) is 0 Å². The van der Waals surface area contributed by atoms with Crippen LogP contribution >= 0.6 is 7.75 Å². The van der Waals surface area contributed by atoms with Gasteiger partial charge in [-0.1, -0.05) is 66.6 Å². The molecule has 1 saturated heterocycles. The third-order valence-corrected chi connectivity index (χ3v) is 9.69. The lowest BCUT2D eigenvalue weighted by Crippen LogP contribution is -2.41. The van der Waals surface area contributed by atoms with Crippen molar-refractivity contribution in [3.05, 3.63) is 96.4 Å². The summed E-state index contributed by atoms with van der Waals surface area (Å²) in [5.41, 5.74) is 4.90. The minimum absolute atomic E-state index is 0.00695. The van der Waals surface area contributed by atoms with Gasteiger partial charge in [-0.25, -0.2) is 18.9 Å². The molecule has 0 amide bonds. The molecule has 0 aliphatic carbocycles. The standard InChI is InChI=1S/C34H33FN5O7P/c1-4-23-17-40(31-28(23)30(36)37-20-38-31)33-34(3,35)29(41)27(46-33)19-45-48(43,47-26-15-14-24-12-8-9-13-25(24)16-26)39-21(2)32(42)44-18-22-10-6-5-7-11-22/h1,5-17,20-21,27,29,33,41H,18-19H2,2-3H3,(H,39,43)(H2,36,37,38)/t21?,27-,29-,33-,34-,48?/m1/s1. The number of fused-ring (bicyclic) bond motifs is 2. The molecule has 14 heteroatoms. The zero-order chi connectivity index (χ0) is 34.1. The molecule has 0 spiro atoms. The van der Waals surface area contributed by atoms with Gasteiger partial charge in [0, 0.05) is 6.20 Å². The molecule has 12 nitrogen and oxygen atoms in total. The largest absolute Gasteiger partial charge is 0.460 e. The van der Waals surface area contributed by atoms with Crippen molar-refractivity contribution in [2.24, 2.45) is 0 Å². The van der Waals surface area contributed by atoms with Crippen molar-refractivity contribution >= 4 is 41.3 Å². The molecule has 2 unspecified atom stereocenters. The molecule has 6 atom stereocenters. The molecule has 2 aromatic heterocycles. The van der Waals surface area contributed by atoms with Gasteiger partial charge in [-0.05, 0) is 42.3 Å². The van der Waals surface area contributed by atoms with Crippen LogP contribution in [-0.4, -0.2) is 56.1 Å². The third kappa shape index (κ3) is 6.62. The van der Waals surface area contributed by atoms with Gasteiger partial charge in [-0.3, -0.25) is 9.32 Å². The molecule has 0 saturated carbocycles. The van der Waals surface area contributed by atoms with Gasteiger partial charge in [0.05, 0.1) is 17.6 Å². The van der Waals surface area contributed by atoms with Crippen LogP contribution in [0, 0.1) is 12.3 Å². The lowest BCUT2D eigenvalue weighted by molar-refractivity contribution is -0.146. The number of nitrogens with one attached hydrogen (secondary N) is 1. The van der Waals surface area contributed by atoms with Gasteiger partial charge in [0.1, 0.15) is 48.4 Å². The van der Waals surface area contributed by atoms with E-state index in [1.165, 1.54) is 24.0 Å². The van der Waals surface area contributed by atoms with Gasteiger partial charge < -0.3 is 29.4 Å². The first-order valence-corrected chi connectivity index (χ1v) is 16.5. The van der Waals surface area contributed by atoms with E-state index < -0.39 is 50.5 Å². The topological polar surface area (TPSA) is 160 Å². The first kappa shape index (κ1) is 33.1. The molecule has 1 aliphatic rings. The minimum Gasteiger partial charge on any atom is -0.460 e. The van der Waals surface area contributed by atoms with Crippen LogP contribution in [0.4, 0.5) is 10.2 Å². The number of alkyl halides is 1. The predicted octanol–water partition coefficient (Wildman–Crippen LogP) is 5.06. The van der Waals surface area contributed by atoms with Crippen LogP contribution in [0.5, 0.6) is 5.75 Å². The van der Waals surface area contributed by atoms with E-state index in [0.717, 1.165) is 23.3 Å². The van der Waals surface area contributed by atoms with E-state index in [-0.39, 0.29) is 23.8 Å². The second kappa shape index (κ2) is 13.4. The summed E-state index contributed by atoms with van der Waals surface area (Å²) >= 11 is 0. The number of aromatic nitrogens is 3. The van der Waals surface area contributed by atoms with Gasteiger partial charge >= 0.3 is 13.7 Å². The normalized spacial score (nSPS) is 22.6. The Morgan fingerprint density at radius 1 is 1.19 bits per heavy atom. The van der Waals surface area contributed by atoms with Crippen molar-refractivity contribution in [2.75, 3.05) is 12.3 Å². The van der Waals surface area contributed by atoms with Gasteiger partial charge in [0.25, 0.3) is 0 Å². The minimum atomic E-state index is -4.42. The number of nitrogens with zero attached hydrogens (tertiary/aromatic N) is 3. The Morgan fingerprint density at radius 3 is 2.67 bits per heavy atom. The zero-order valence-electron chi connectivity index (χ0n) is 26.0. The zero-order valence-corrected chi connectivity index (χ0v) is 26.9. The predicted molar refractivity (Wildman–Crippen MR) is 176 cm³/mol. The van der Waals surface area contributed by atoms with Crippen molar-refractivity contribution in [3.63, 3.8) is 0 Å². The molecule has 1 fully saturated rings. The number of rotatable bonds is 11. The molecule has 0 bridgehead atoms. The van der Waals surface area contributed by atoms with E-state index in [0.29, 0.717) is 10.9 Å². The van der Waals surface area contributed by atoms with E-state index >= 15 is 4.39 Å². The highest BCUT2D eigenvalue weighted by atomic mass is 31.2. The summed E-state index contributed by atoms with van der Waals surface area (Å²) in [6, 6.07) is 20.4. The fraction of sp³-hybridized carbons (Fsp3) is 0.265. The molecule has 248 valence electrons. The molecule has 4 N–H and O–H groups in total. The summed E-state index contributed by atoms with van der Waals surface area (Å²) in [6.45, 7) is 1.99. The van der Waals surface area contributed by atoms with Crippen molar-refractivity contribution in [1.29, 1.82) is 0 Å². The Labute approximate surface area is 275 Å². The number of esters is 1. The lowest BCUT2D eigenvalue weighted by Gasteiger charge is -2.25. The van der Waals surface area contributed by atoms with E-state index in [4.69, 9.17) is 30.7 Å². The van der Waals surface area contributed by atoms with Crippen molar-refractivity contribution in [2.45, 2.75) is 50.6 Å². The lowest BCUT2D eigenvalue weighted by atomic mass is 9.98. The summed E-state index contributed by atoms with van der Waals surface area (Å²) in [6.07, 6.45) is 3.77. The number of aliphatic hydroxyl groups excluding tert-OH is 1. The number of halogens is 1. The monoisotopic (exact) mass is 673 g/mol. The van der Waals surface area contributed by atoms with Gasteiger partial charge in [0.2, 0.25) is 0 Å². The quantitative estimate of drug-likeness (QED) is 0.0977. The summed E-state index contributed by atoms with van der Waals surface area (Å²) in [7, 11) is -4.42. The number of carbonyl (C=O) groups excluding carboxylic acids is 1. The number of benzene rings is 3. The van der Waals surface area contributed by atoms with Crippen LogP contribution in [0.1, 0.15) is 31.2 Å². The van der Waals surface area contributed by atoms with E-state index in [1.807, 2.05) is 42.5 Å². The number of nitrogen functional groups attached to an aromatic ring is 1. The number of aliphatic hydroxyl groups is 1. The second-order valence-electron chi connectivity index (χ2n) is 11.5. The van der Waals surface area contributed by atoms with Crippen molar-refractivity contribution < 1.29 is 37.4 Å².